The summed E-state index contributed by atoms with van der Waals surface area (Å²) in [5, 5.41) is 0. The predicted octanol–water partition coefficient (Wildman–Crippen LogP) is 4.15. The molecule has 4 atom stereocenters. The maximum absolute atomic E-state index is 13.3. The average molecular weight is 598 g/mol. The number of carbonyl (C=O) groups is 2. The number of nitrogens with zero attached hydrogens (tertiary/aromatic N) is 2. The monoisotopic (exact) mass is 596 g/mol. The zero-order valence-electron chi connectivity index (χ0n) is 23.3. The summed E-state index contributed by atoms with van der Waals surface area (Å²) in [5.41, 5.74) is -0.00945. The van der Waals surface area contributed by atoms with Crippen LogP contribution in [0.5, 0.6) is 5.75 Å². The van der Waals surface area contributed by atoms with Crippen molar-refractivity contribution in [3.63, 3.8) is 0 Å². The fraction of sp³-hybridized carbons (Fsp3) is 0.714. The van der Waals surface area contributed by atoms with Gasteiger partial charge in [-0.2, -0.15) is 0 Å². The quantitative estimate of drug-likeness (QED) is 0.357. The number of halogens is 1. The molecular weight excluding hydrogens is 556 g/mol. The second kappa shape index (κ2) is 11.3. The van der Waals surface area contributed by atoms with Crippen LogP contribution >= 0.6 is 15.9 Å². The van der Waals surface area contributed by atoms with Crippen LogP contribution in [0, 0.1) is 0 Å². The fourth-order valence-electron chi connectivity index (χ4n) is 6.06. The van der Waals surface area contributed by atoms with E-state index in [4.69, 9.17) is 23.7 Å². The van der Waals surface area contributed by atoms with Crippen molar-refractivity contribution in [1.29, 1.82) is 0 Å². The second-order valence-corrected chi connectivity index (χ2v) is 12.7. The molecule has 10 heteroatoms. The highest BCUT2D eigenvalue weighted by molar-refractivity contribution is 9.09. The molecule has 212 valence electrons. The molecule has 0 N–H and O–H groups in total. The standard InChI is InChI=1S/C28H41BrN2O7/c1-26(2,3)38-25(33)30(4)20-16-27(11-12-28(17-23(27)29)36-13-14-37-28)31(18-20)22(24(32)35-6)15-19-7-9-21(34-5)10-8-19/h7-10,20,22-23H,11-18H2,1-6H3/t20-,22-,23-,27+/m0/s1. The van der Waals surface area contributed by atoms with Gasteiger partial charge in [0.2, 0.25) is 0 Å². The van der Waals surface area contributed by atoms with Crippen LogP contribution in [0.3, 0.4) is 0 Å². The summed E-state index contributed by atoms with van der Waals surface area (Å²) in [6, 6.07) is 7.06. The van der Waals surface area contributed by atoms with Crippen LogP contribution in [0.1, 0.15) is 52.0 Å². The van der Waals surface area contributed by atoms with Crippen molar-refractivity contribution in [3.05, 3.63) is 29.8 Å². The van der Waals surface area contributed by atoms with E-state index in [-0.39, 0.29) is 22.9 Å². The average Bonchev–Trinajstić information content (AvgIpc) is 3.49. The number of amides is 1. The Morgan fingerprint density at radius 1 is 1.13 bits per heavy atom. The summed E-state index contributed by atoms with van der Waals surface area (Å²) >= 11 is 4.00. The molecular formula is C28H41BrN2O7. The first-order valence-electron chi connectivity index (χ1n) is 13.3. The number of benzene rings is 1. The molecule has 38 heavy (non-hydrogen) atoms. The van der Waals surface area contributed by atoms with E-state index in [9.17, 15) is 9.59 Å². The first-order chi connectivity index (χ1) is 17.9. The number of rotatable bonds is 6. The van der Waals surface area contributed by atoms with E-state index in [1.165, 1.54) is 7.11 Å². The van der Waals surface area contributed by atoms with Crippen LogP contribution in [0.4, 0.5) is 4.79 Å². The number of hydrogen-bond acceptors (Lipinski definition) is 8. The molecule has 3 aliphatic rings. The topological polar surface area (TPSA) is 86.8 Å². The Bertz CT molecular complexity index is 992. The molecule has 9 nitrogen and oxygen atoms in total. The lowest BCUT2D eigenvalue weighted by Gasteiger charge is -2.51. The molecule has 0 bridgehead atoms. The molecule has 0 aromatic heterocycles. The Hall–Kier alpha value is -1.88. The van der Waals surface area contributed by atoms with Crippen LogP contribution in [0.25, 0.3) is 0 Å². The van der Waals surface area contributed by atoms with E-state index in [1.807, 2.05) is 45.0 Å². The van der Waals surface area contributed by atoms with Gasteiger partial charge in [0.1, 0.15) is 17.4 Å². The van der Waals surface area contributed by atoms with Gasteiger partial charge in [0.25, 0.3) is 0 Å². The van der Waals surface area contributed by atoms with E-state index in [1.54, 1.807) is 19.1 Å². The van der Waals surface area contributed by atoms with E-state index >= 15 is 0 Å². The minimum absolute atomic E-state index is 0.0260. The smallest absolute Gasteiger partial charge is 0.410 e. The highest BCUT2D eigenvalue weighted by atomic mass is 79.9. The van der Waals surface area contributed by atoms with Crippen LogP contribution < -0.4 is 4.74 Å². The second-order valence-electron chi connectivity index (χ2n) is 11.6. The van der Waals surface area contributed by atoms with Crippen molar-refractivity contribution in [2.24, 2.45) is 0 Å². The molecule has 1 aromatic carbocycles. The molecule has 2 spiro atoms. The zero-order chi connectivity index (χ0) is 27.7. The molecule has 1 saturated carbocycles. The predicted molar refractivity (Wildman–Crippen MR) is 146 cm³/mol. The highest BCUT2D eigenvalue weighted by Crippen LogP contribution is 2.52. The minimum Gasteiger partial charge on any atom is -0.497 e. The molecule has 1 aromatic rings. The van der Waals surface area contributed by atoms with Crippen LogP contribution in [-0.4, -0.2) is 96.7 Å². The molecule has 2 aliphatic heterocycles. The zero-order valence-corrected chi connectivity index (χ0v) is 24.9. The largest absolute Gasteiger partial charge is 0.497 e. The molecule has 3 fully saturated rings. The maximum Gasteiger partial charge on any atom is 0.410 e. The summed E-state index contributed by atoms with van der Waals surface area (Å²) in [6.07, 6.45) is 2.90. The van der Waals surface area contributed by atoms with Gasteiger partial charge in [-0.05, 0) is 57.7 Å². The summed E-state index contributed by atoms with van der Waals surface area (Å²) in [4.78, 5) is 30.3. The Labute approximate surface area is 234 Å². The summed E-state index contributed by atoms with van der Waals surface area (Å²) < 4.78 is 28.4. The summed E-state index contributed by atoms with van der Waals surface area (Å²) in [6.45, 7) is 7.27. The lowest BCUT2D eigenvalue weighted by molar-refractivity contribution is -0.192. The molecule has 4 rings (SSSR count). The number of methoxy groups -OCH3 is 2. The molecule has 0 unspecified atom stereocenters. The minimum atomic E-state index is -0.601. The fourth-order valence-corrected chi connectivity index (χ4v) is 7.23. The van der Waals surface area contributed by atoms with E-state index in [2.05, 4.69) is 20.8 Å². The Kier molecular flexibility index (Phi) is 8.67. The van der Waals surface area contributed by atoms with Gasteiger partial charge in [0.05, 0.1) is 27.4 Å². The van der Waals surface area contributed by atoms with Crippen molar-refractivity contribution in [1.82, 2.24) is 9.80 Å². The summed E-state index contributed by atoms with van der Waals surface area (Å²) in [5.74, 6) is -0.138. The Morgan fingerprint density at radius 2 is 1.79 bits per heavy atom. The van der Waals surface area contributed by atoms with E-state index < -0.39 is 23.0 Å². The number of esters is 1. The van der Waals surface area contributed by atoms with Crippen molar-refractivity contribution >= 4 is 28.0 Å². The lowest BCUT2D eigenvalue weighted by Crippen LogP contribution is -2.62. The highest BCUT2D eigenvalue weighted by Gasteiger charge is 2.60. The van der Waals surface area contributed by atoms with Crippen molar-refractivity contribution in [2.45, 2.75) is 86.7 Å². The lowest BCUT2D eigenvalue weighted by atomic mass is 9.75. The van der Waals surface area contributed by atoms with Gasteiger partial charge in [-0.1, -0.05) is 28.1 Å². The van der Waals surface area contributed by atoms with Gasteiger partial charge < -0.3 is 28.6 Å². The number of alkyl halides is 1. The first kappa shape index (κ1) is 29.1. The third-order valence-electron chi connectivity index (χ3n) is 8.06. The van der Waals surface area contributed by atoms with Gasteiger partial charge >= 0.3 is 12.1 Å². The van der Waals surface area contributed by atoms with Gasteiger partial charge in [0.15, 0.2) is 5.79 Å². The Morgan fingerprint density at radius 3 is 2.34 bits per heavy atom. The van der Waals surface area contributed by atoms with Gasteiger partial charge in [-0.25, -0.2) is 4.79 Å². The number of carbonyl (C=O) groups excluding carboxylic acids is 2. The van der Waals surface area contributed by atoms with Gasteiger partial charge in [-0.3, -0.25) is 9.69 Å². The van der Waals surface area contributed by atoms with Crippen LogP contribution in [0.15, 0.2) is 24.3 Å². The summed E-state index contributed by atoms with van der Waals surface area (Å²) in [7, 11) is 4.84. The maximum atomic E-state index is 13.3. The van der Waals surface area contributed by atoms with E-state index in [0.717, 1.165) is 17.7 Å². The van der Waals surface area contributed by atoms with Crippen LogP contribution in [0.2, 0.25) is 0 Å². The van der Waals surface area contributed by atoms with Gasteiger partial charge in [-0.15, -0.1) is 0 Å². The molecule has 2 heterocycles. The SMILES string of the molecule is COC(=O)[C@H](Cc1ccc(OC)cc1)N1C[C@@H](N(C)C(=O)OC(C)(C)C)C[C@@]12CCC1(C[C@@H]2Br)OCCO1. The molecule has 1 aliphatic carbocycles. The van der Waals surface area contributed by atoms with Crippen LogP contribution in [-0.2, 0) is 30.2 Å². The third-order valence-corrected chi connectivity index (χ3v) is 9.24. The third kappa shape index (κ3) is 5.98. The van der Waals surface area contributed by atoms with Gasteiger partial charge in [0, 0.05) is 42.8 Å². The first-order valence-corrected chi connectivity index (χ1v) is 14.2. The molecule has 1 amide bonds. The number of likely N-dealkylation sites (N-methyl/N-ethyl adjacent to an activating group) is 1. The number of hydrogen-bond donors (Lipinski definition) is 0. The van der Waals surface area contributed by atoms with Crippen molar-refractivity contribution in [2.75, 3.05) is 41.0 Å². The van der Waals surface area contributed by atoms with Crippen molar-refractivity contribution < 1.29 is 33.3 Å². The number of ether oxygens (including phenoxy) is 5. The van der Waals surface area contributed by atoms with E-state index in [0.29, 0.717) is 45.4 Å². The number of likely N-dealkylation sites (tertiary alicyclic amines) is 1. The van der Waals surface area contributed by atoms with Crippen molar-refractivity contribution in [3.8, 4) is 5.75 Å². The molecule has 2 saturated heterocycles. The molecule has 0 radical (unpaired) electrons. The Balaban J connectivity index is 1.66. The normalized spacial score (nSPS) is 27.9.